The van der Waals surface area contributed by atoms with E-state index in [1.54, 1.807) is 18.2 Å². The van der Waals surface area contributed by atoms with E-state index in [2.05, 4.69) is 5.32 Å². The number of hydrogen-bond donors (Lipinski definition) is 2. The molecule has 0 spiro atoms. The van der Waals surface area contributed by atoms with Crippen LogP contribution in [0.25, 0.3) is 0 Å². The van der Waals surface area contributed by atoms with Crippen LogP contribution in [0.2, 0.25) is 0 Å². The fourth-order valence-corrected chi connectivity index (χ4v) is 3.51. The maximum Gasteiger partial charge on any atom is 0.307 e. The number of carboxylic acid groups (broad SMARTS) is 1. The molecule has 0 aliphatic heterocycles. The molecule has 0 saturated heterocycles. The van der Waals surface area contributed by atoms with E-state index in [9.17, 15) is 23.1 Å². The lowest BCUT2D eigenvalue weighted by Gasteiger charge is -2.24. The van der Waals surface area contributed by atoms with Crippen LogP contribution in [0.3, 0.4) is 0 Å². The Morgan fingerprint density at radius 3 is 2.38 bits per heavy atom. The number of carboxylic acids is 1. The minimum atomic E-state index is -3.61. The molecule has 0 unspecified atom stereocenters. The molecule has 0 saturated carbocycles. The predicted octanol–water partition coefficient (Wildman–Crippen LogP) is 1.54. The summed E-state index contributed by atoms with van der Waals surface area (Å²) in [5.41, 5.74) is 0.321. The average molecular weight is 352 g/mol. The van der Waals surface area contributed by atoms with E-state index in [1.807, 2.05) is 0 Å². The Morgan fingerprint density at radius 1 is 1.17 bits per heavy atom. The standard InChI is InChI=1S/C16H20N2O5S/c1-18(2)24(22,23)12-7-5-6-11(10-12)17-15(19)13-8-3-4-9-14(13)16(20)21/h3-7,10,13-14H,8-9H2,1-2H3,(H,17,19)(H,20,21)/t13-,14+/m0/s1. The van der Waals surface area contributed by atoms with Gasteiger partial charge in [0, 0.05) is 19.8 Å². The van der Waals surface area contributed by atoms with Crippen molar-refractivity contribution in [1.29, 1.82) is 0 Å². The molecule has 2 atom stereocenters. The number of amides is 1. The van der Waals surface area contributed by atoms with Crippen molar-refractivity contribution in [3.63, 3.8) is 0 Å². The molecule has 1 aliphatic carbocycles. The first-order valence-corrected chi connectivity index (χ1v) is 8.88. The van der Waals surface area contributed by atoms with Gasteiger partial charge in [-0.1, -0.05) is 18.2 Å². The van der Waals surface area contributed by atoms with E-state index < -0.39 is 33.7 Å². The van der Waals surface area contributed by atoms with Crippen LogP contribution in [0, 0.1) is 11.8 Å². The molecule has 8 heteroatoms. The lowest BCUT2D eigenvalue weighted by molar-refractivity contribution is -0.146. The van der Waals surface area contributed by atoms with Gasteiger partial charge in [-0.2, -0.15) is 0 Å². The third-order valence-electron chi connectivity index (χ3n) is 3.97. The molecule has 7 nitrogen and oxygen atoms in total. The zero-order chi connectivity index (χ0) is 17.9. The number of nitrogens with zero attached hydrogens (tertiary/aromatic N) is 1. The third kappa shape index (κ3) is 3.82. The van der Waals surface area contributed by atoms with Crippen molar-refractivity contribution in [2.75, 3.05) is 19.4 Å². The Morgan fingerprint density at radius 2 is 1.79 bits per heavy atom. The first-order chi connectivity index (χ1) is 11.2. The normalized spacial score (nSPS) is 20.8. The number of sulfonamides is 1. The number of nitrogens with one attached hydrogen (secondary N) is 1. The van der Waals surface area contributed by atoms with Crippen molar-refractivity contribution in [3.05, 3.63) is 36.4 Å². The summed E-state index contributed by atoms with van der Waals surface area (Å²) in [5.74, 6) is -2.89. The SMILES string of the molecule is CN(C)S(=O)(=O)c1cccc(NC(=O)[C@H]2CC=CC[C@H]2C(=O)O)c1. The number of carbonyl (C=O) groups excluding carboxylic acids is 1. The fraction of sp³-hybridized carbons (Fsp3) is 0.375. The maximum atomic E-state index is 12.4. The molecule has 0 aromatic heterocycles. The number of rotatable bonds is 5. The number of benzene rings is 1. The lowest BCUT2D eigenvalue weighted by Crippen LogP contribution is -2.34. The summed E-state index contributed by atoms with van der Waals surface area (Å²) >= 11 is 0. The third-order valence-corrected chi connectivity index (χ3v) is 5.78. The second-order valence-electron chi connectivity index (χ2n) is 5.80. The summed E-state index contributed by atoms with van der Waals surface area (Å²) in [5, 5.41) is 11.9. The number of aliphatic carboxylic acids is 1. The Kier molecular flexibility index (Phi) is 5.40. The Bertz CT molecular complexity index is 770. The number of allylic oxidation sites excluding steroid dienone is 2. The Labute approximate surface area is 141 Å². The highest BCUT2D eigenvalue weighted by atomic mass is 32.2. The van der Waals surface area contributed by atoms with Crippen LogP contribution in [0.4, 0.5) is 5.69 Å². The summed E-state index contributed by atoms with van der Waals surface area (Å²) in [6, 6.07) is 5.90. The molecule has 2 rings (SSSR count). The summed E-state index contributed by atoms with van der Waals surface area (Å²) < 4.78 is 25.4. The zero-order valence-corrected chi connectivity index (χ0v) is 14.3. The summed E-state index contributed by atoms with van der Waals surface area (Å²) in [4.78, 5) is 23.8. The van der Waals surface area contributed by atoms with Crippen LogP contribution in [0.1, 0.15) is 12.8 Å². The van der Waals surface area contributed by atoms with E-state index in [-0.39, 0.29) is 4.90 Å². The molecule has 1 aromatic rings. The van der Waals surface area contributed by atoms with Crippen LogP contribution in [0.5, 0.6) is 0 Å². The van der Waals surface area contributed by atoms with E-state index in [0.717, 1.165) is 4.31 Å². The van der Waals surface area contributed by atoms with Crippen LogP contribution in [-0.2, 0) is 19.6 Å². The average Bonchev–Trinajstić information content (AvgIpc) is 2.54. The summed E-state index contributed by atoms with van der Waals surface area (Å²) in [7, 11) is -0.761. The molecule has 1 aromatic carbocycles. The first-order valence-electron chi connectivity index (χ1n) is 7.44. The van der Waals surface area contributed by atoms with Gasteiger partial charge in [-0.15, -0.1) is 0 Å². The van der Waals surface area contributed by atoms with Gasteiger partial charge in [0.15, 0.2) is 0 Å². The molecular formula is C16H20N2O5S. The largest absolute Gasteiger partial charge is 0.481 e. The molecule has 0 radical (unpaired) electrons. The fourth-order valence-electron chi connectivity index (χ4n) is 2.56. The number of carbonyl (C=O) groups is 2. The Hall–Kier alpha value is -2.19. The molecule has 2 N–H and O–H groups in total. The van der Waals surface area contributed by atoms with Gasteiger partial charge >= 0.3 is 5.97 Å². The van der Waals surface area contributed by atoms with Gasteiger partial charge in [0.05, 0.1) is 16.7 Å². The van der Waals surface area contributed by atoms with Crippen molar-refractivity contribution in [3.8, 4) is 0 Å². The Balaban J connectivity index is 2.21. The second kappa shape index (κ2) is 7.14. The van der Waals surface area contributed by atoms with Crippen molar-refractivity contribution in [1.82, 2.24) is 4.31 Å². The van der Waals surface area contributed by atoms with E-state index in [4.69, 9.17) is 0 Å². The highest BCUT2D eigenvalue weighted by molar-refractivity contribution is 7.89. The minimum absolute atomic E-state index is 0.0589. The van der Waals surface area contributed by atoms with Crippen LogP contribution in [-0.4, -0.2) is 43.8 Å². The van der Waals surface area contributed by atoms with E-state index in [0.29, 0.717) is 18.5 Å². The van der Waals surface area contributed by atoms with Gasteiger partial charge in [0.1, 0.15) is 0 Å². The molecule has 0 fully saturated rings. The topological polar surface area (TPSA) is 104 Å². The van der Waals surface area contributed by atoms with Gasteiger partial charge in [-0.05, 0) is 31.0 Å². The maximum absolute atomic E-state index is 12.4. The molecular weight excluding hydrogens is 332 g/mol. The van der Waals surface area contributed by atoms with Crippen molar-refractivity contribution in [2.24, 2.45) is 11.8 Å². The van der Waals surface area contributed by atoms with Crippen molar-refractivity contribution in [2.45, 2.75) is 17.7 Å². The van der Waals surface area contributed by atoms with Crippen molar-refractivity contribution >= 4 is 27.6 Å². The van der Waals surface area contributed by atoms with Crippen LogP contribution in [0.15, 0.2) is 41.3 Å². The van der Waals surface area contributed by atoms with Gasteiger partial charge in [0.25, 0.3) is 0 Å². The van der Waals surface area contributed by atoms with E-state index in [1.165, 1.54) is 32.3 Å². The molecule has 0 bridgehead atoms. The lowest BCUT2D eigenvalue weighted by atomic mass is 9.82. The summed E-state index contributed by atoms with van der Waals surface area (Å²) in [6.07, 6.45) is 4.20. The van der Waals surface area contributed by atoms with Crippen LogP contribution < -0.4 is 5.32 Å². The molecule has 1 amide bonds. The quantitative estimate of drug-likeness (QED) is 0.782. The predicted molar refractivity (Wildman–Crippen MR) is 88.9 cm³/mol. The molecule has 130 valence electrons. The van der Waals surface area contributed by atoms with Gasteiger partial charge in [-0.3, -0.25) is 9.59 Å². The molecule has 0 heterocycles. The second-order valence-corrected chi connectivity index (χ2v) is 7.95. The monoisotopic (exact) mass is 352 g/mol. The molecule has 1 aliphatic rings. The molecule has 24 heavy (non-hydrogen) atoms. The number of hydrogen-bond acceptors (Lipinski definition) is 4. The van der Waals surface area contributed by atoms with Crippen molar-refractivity contribution < 1.29 is 23.1 Å². The van der Waals surface area contributed by atoms with E-state index >= 15 is 0 Å². The highest BCUT2D eigenvalue weighted by Gasteiger charge is 2.34. The smallest absolute Gasteiger partial charge is 0.307 e. The minimum Gasteiger partial charge on any atom is -0.481 e. The zero-order valence-electron chi connectivity index (χ0n) is 13.5. The van der Waals surface area contributed by atoms with Crippen LogP contribution >= 0.6 is 0 Å². The first kappa shape index (κ1) is 18.2. The van der Waals surface area contributed by atoms with Gasteiger partial charge in [-0.25, -0.2) is 12.7 Å². The summed E-state index contributed by atoms with van der Waals surface area (Å²) in [6.45, 7) is 0. The number of anilines is 1. The van der Waals surface area contributed by atoms with Gasteiger partial charge < -0.3 is 10.4 Å². The highest BCUT2D eigenvalue weighted by Crippen LogP contribution is 2.27. The van der Waals surface area contributed by atoms with Gasteiger partial charge in [0.2, 0.25) is 15.9 Å².